The zero-order valence-electron chi connectivity index (χ0n) is 9.41. The minimum Gasteiger partial charge on any atom is -0.335 e. The van der Waals surface area contributed by atoms with Gasteiger partial charge in [0.1, 0.15) is 0 Å². The van der Waals surface area contributed by atoms with Crippen LogP contribution in [0.4, 0.5) is 8.78 Å². The molecule has 1 aliphatic heterocycles. The van der Waals surface area contributed by atoms with Crippen molar-refractivity contribution in [3.05, 3.63) is 41.2 Å². The molecule has 0 saturated heterocycles. The number of nitrogens with zero attached hydrogens (tertiary/aromatic N) is 2. The first-order chi connectivity index (χ1) is 8.09. The van der Waals surface area contributed by atoms with Gasteiger partial charge < -0.3 is 4.90 Å². The van der Waals surface area contributed by atoms with Gasteiger partial charge in [0, 0.05) is 19.3 Å². The van der Waals surface area contributed by atoms with Crippen LogP contribution >= 0.6 is 0 Å². The van der Waals surface area contributed by atoms with Crippen LogP contribution < -0.4 is 0 Å². The number of carbonyl (C=O) groups excluding carboxylic acids is 1. The lowest BCUT2D eigenvalue weighted by atomic mass is 10.1. The van der Waals surface area contributed by atoms with Crippen molar-refractivity contribution in [2.45, 2.75) is 13.3 Å². The first-order valence-corrected chi connectivity index (χ1v) is 5.34. The zero-order chi connectivity index (χ0) is 12.4. The van der Waals surface area contributed by atoms with Crippen molar-refractivity contribution < 1.29 is 13.6 Å². The molecule has 0 radical (unpaired) electrons. The van der Waals surface area contributed by atoms with E-state index in [9.17, 15) is 13.6 Å². The van der Waals surface area contributed by atoms with Gasteiger partial charge in [0.25, 0.3) is 5.91 Å². The summed E-state index contributed by atoms with van der Waals surface area (Å²) >= 11 is 0. The number of pyridine rings is 1. The Morgan fingerprint density at radius 1 is 1.47 bits per heavy atom. The van der Waals surface area contributed by atoms with E-state index in [0.717, 1.165) is 12.6 Å². The summed E-state index contributed by atoms with van der Waals surface area (Å²) in [7, 11) is 0. The first-order valence-electron chi connectivity index (χ1n) is 5.34. The van der Waals surface area contributed by atoms with Crippen molar-refractivity contribution in [3.8, 4) is 0 Å². The minimum atomic E-state index is -1.24. The molecule has 0 spiro atoms. The number of carbonyl (C=O) groups is 1. The number of hydrogen-bond donors (Lipinski definition) is 0. The molecule has 0 fully saturated rings. The van der Waals surface area contributed by atoms with Gasteiger partial charge >= 0.3 is 0 Å². The number of rotatable bonds is 1. The van der Waals surface area contributed by atoms with E-state index in [1.165, 1.54) is 16.5 Å². The predicted molar refractivity (Wildman–Crippen MR) is 58.4 cm³/mol. The molecule has 5 heteroatoms. The van der Waals surface area contributed by atoms with Crippen LogP contribution in [0, 0.1) is 11.8 Å². The quantitative estimate of drug-likeness (QED) is 0.555. The van der Waals surface area contributed by atoms with Gasteiger partial charge in [-0.1, -0.05) is 11.6 Å². The molecule has 2 heterocycles. The monoisotopic (exact) mass is 238 g/mol. The third kappa shape index (κ3) is 2.33. The van der Waals surface area contributed by atoms with Crippen LogP contribution in [0.15, 0.2) is 23.9 Å². The van der Waals surface area contributed by atoms with Crippen LogP contribution in [-0.4, -0.2) is 28.9 Å². The SMILES string of the molecule is CC1=CCN(C(=O)c2ccnc(F)c2F)CC1. The van der Waals surface area contributed by atoms with Crippen molar-refractivity contribution in [2.24, 2.45) is 0 Å². The van der Waals surface area contributed by atoms with Crippen LogP contribution in [0.1, 0.15) is 23.7 Å². The molecule has 0 aliphatic carbocycles. The normalized spacial score (nSPS) is 15.7. The van der Waals surface area contributed by atoms with E-state index in [1.54, 1.807) is 0 Å². The molecule has 1 aromatic heterocycles. The Labute approximate surface area is 97.8 Å². The molecular weight excluding hydrogens is 226 g/mol. The summed E-state index contributed by atoms with van der Waals surface area (Å²) in [6, 6.07) is 1.20. The average Bonchev–Trinajstić information content (AvgIpc) is 2.33. The maximum Gasteiger partial charge on any atom is 0.257 e. The van der Waals surface area contributed by atoms with Crippen molar-refractivity contribution in [3.63, 3.8) is 0 Å². The zero-order valence-corrected chi connectivity index (χ0v) is 9.41. The Bertz CT molecular complexity index is 485. The third-order valence-electron chi connectivity index (χ3n) is 2.80. The minimum absolute atomic E-state index is 0.259. The number of aromatic nitrogens is 1. The maximum atomic E-state index is 13.4. The van der Waals surface area contributed by atoms with E-state index in [-0.39, 0.29) is 5.56 Å². The summed E-state index contributed by atoms with van der Waals surface area (Å²) in [5.41, 5.74) is 0.945. The van der Waals surface area contributed by atoms with Crippen molar-refractivity contribution in [2.75, 3.05) is 13.1 Å². The number of hydrogen-bond acceptors (Lipinski definition) is 2. The van der Waals surface area contributed by atoms with Gasteiger partial charge in [-0.2, -0.15) is 4.39 Å². The van der Waals surface area contributed by atoms with Crippen LogP contribution in [0.2, 0.25) is 0 Å². The number of amides is 1. The van der Waals surface area contributed by atoms with E-state index in [2.05, 4.69) is 4.98 Å². The van der Waals surface area contributed by atoms with Gasteiger partial charge in [0.15, 0.2) is 5.82 Å². The largest absolute Gasteiger partial charge is 0.335 e. The van der Waals surface area contributed by atoms with Gasteiger partial charge in [-0.15, -0.1) is 0 Å². The molecule has 0 bridgehead atoms. The lowest BCUT2D eigenvalue weighted by Gasteiger charge is -2.25. The lowest BCUT2D eigenvalue weighted by Crippen LogP contribution is -2.35. The highest BCUT2D eigenvalue weighted by molar-refractivity contribution is 5.94. The highest BCUT2D eigenvalue weighted by Crippen LogP contribution is 2.16. The second-order valence-corrected chi connectivity index (χ2v) is 4.01. The van der Waals surface area contributed by atoms with Crippen molar-refractivity contribution in [1.29, 1.82) is 0 Å². The molecule has 17 heavy (non-hydrogen) atoms. The summed E-state index contributed by atoms with van der Waals surface area (Å²) < 4.78 is 26.3. The summed E-state index contributed by atoms with van der Waals surface area (Å²) in [6.45, 7) is 2.95. The van der Waals surface area contributed by atoms with Crippen LogP contribution in [-0.2, 0) is 0 Å². The number of halogens is 2. The fourth-order valence-electron chi connectivity index (χ4n) is 1.71. The summed E-state index contributed by atoms with van der Waals surface area (Å²) in [5.74, 6) is -2.91. The standard InChI is InChI=1S/C12H12F2N2O/c1-8-3-6-16(7-4-8)12(17)9-2-5-15-11(14)10(9)13/h2-3,5H,4,6-7H2,1H3. The average molecular weight is 238 g/mol. The maximum absolute atomic E-state index is 13.4. The lowest BCUT2D eigenvalue weighted by molar-refractivity contribution is 0.0762. The second kappa shape index (κ2) is 4.61. The molecule has 1 amide bonds. The summed E-state index contributed by atoms with van der Waals surface area (Å²) in [5, 5.41) is 0. The van der Waals surface area contributed by atoms with E-state index in [4.69, 9.17) is 0 Å². The fraction of sp³-hybridized carbons (Fsp3) is 0.333. The molecule has 0 saturated carbocycles. The van der Waals surface area contributed by atoms with E-state index < -0.39 is 17.7 Å². The smallest absolute Gasteiger partial charge is 0.257 e. The molecular formula is C12H12F2N2O. The molecule has 1 aromatic rings. The van der Waals surface area contributed by atoms with Gasteiger partial charge in [-0.05, 0) is 19.4 Å². The first kappa shape index (κ1) is 11.7. The van der Waals surface area contributed by atoms with E-state index in [1.807, 2.05) is 13.0 Å². The van der Waals surface area contributed by atoms with Crippen LogP contribution in [0.3, 0.4) is 0 Å². The fourth-order valence-corrected chi connectivity index (χ4v) is 1.71. The Hall–Kier alpha value is -1.78. The van der Waals surface area contributed by atoms with Crippen LogP contribution in [0.5, 0.6) is 0 Å². The van der Waals surface area contributed by atoms with E-state index in [0.29, 0.717) is 13.1 Å². The van der Waals surface area contributed by atoms with Crippen LogP contribution in [0.25, 0.3) is 0 Å². The molecule has 90 valence electrons. The molecule has 0 N–H and O–H groups in total. The van der Waals surface area contributed by atoms with Crippen molar-refractivity contribution >= 4 is 5.91 Å². The Balaban J connectivity index is 2.23. The van der Waals surface area contributed by atoms with Crippen molar-refractivity contribution in [1.82, 2.24) is 9.88 Å². The Morgan fingerprint density at radius 3 is 2.88 bits per heavy atom. The molecule has 0 unspecified atom stereocenters. The molecule has 0 atom stereocenters. The summed E-state index contributed by atoms with van der Waals surface area (Å²) in [4.78, 5) is 16.6. The molecule has 1 aliphatic rings. The van der Waals surface area contributed by atoms with Gasteiger partial charge in [-0.25, -0.2) is 9.37 Å². The molecule has 0 aromatic carbocycles. The summed E-state index contributed by atoms with van der Waals surface area (Å²) in [6.07, 6.45) is 3.77. The highest BCUT2D eigenvalue weighted by Gasteiger charge is 2.22. The topological polar surface area (TPSA) is 33.2 Å². The Kier molecular flexibility index (Phi) is 3.17. The van der Waals surface area contributed by atoms with Gasteiger partial charge in [0.05, 0.1) is 5.56 Å². The van der Waals surface area contributed by atoms with E-state index >= 15 is 0 Å². The predicted octanol–water partition coefficient (Wildman–Crippen LogP) is 2.15. The third-order valence-corrected chi connectivity index (χ3v) is 2.80. The second-order valence-electron chi connectivity index (χ2n) is 4.01. The molecule has 3 nitrogen and oxygen atoms in total. The molecule has 2 rings (SSSR count). The van der Waals surface area contributed by atoms with Gasteiger partial charge in [0.2, 0.25) is 5.95 Å². The van der Waals surface area contributed by atoms with Gasteiger partial charge in [-0.3, -0.25) is 4.79 Å². The Morgan fingerprint density at radius 2 is 2.24 bits per heavy atom. The highest BCUT2D eigenvalue weighted by atomic mass is 19.2.